The molecule has 0 amide bonds. The highest BCUT2D eigenvalue weighted by Gasteiger charge is 2.38. The summed E-state index contributed by atoms with van der Waals surface area (Å²) >= 11 is 1.65. The van der Waals surface area contributed by atoms with Crippen LogP contribution >= 0.6 is 21.8 Å². The van der Waals surface area contributed by atoms with Crippen LogP contribution in [-0.4, -0.2) is 47.4 Å². The summed E-state index contributed by atoms with van der Waals surface area (Å²) in [6, 6.07) is 16.1. The number of rotatable bonds is 7. The number of hydrogen-bond donors (Lipinski definition) is 0. The lowest BCUT2D eigenvalue weighted by molar-refractivity contribution is -0.146. The van der Waals surface area contributed by atoms with Gasteiger partial charge in [-0.1, -0.05) is 42.5 Å². The Hall–Kier alpha value is -2.18. The van der Waals surface area contributed by atoms with Gasteiger partial charge < -0.3 is 4.74 Å². The van der Waals surface area contributed by atoms with Gasteiger partial charge in [0.1, 0.15) is 6.04 Å². The van der Waals surface area contributed by atoms with Crippen molar-refractivity contribution in [3.63, 3.8) is 0 Å². The first kappa shape index (κ1) is 22.6. The number of fused-ring (bicyclic) bond motifs is 2. The van der Waals surface area contributed by atoms with Gasteiger partial charge >= 0.3 is 5.97 Å². The zero-order chi connectivity index (χ0) is 23.2. The molecule has 1 saturated carbocycles. The molecule has 1 atom stereocenters. The van der Waals surface area contributed by atoms with E-state index in [-0.39, 0.29) is 11.5 Å². The third-order valence-electron chi connectivity index (χ3n) is 6.48. The average molecular weight is 482 g/mol. The zero-order valence-corrected chi connectivity index (χ0v) is 21.1. The highest BCUT2D eigenvalue weighted by molar-refractivity contribution is 8.32. The Kier molecular flexibility index (Phi) is 6.08. The molecule has 33 heavy (non-hydrogen) atoms. The number of benzene rings is 2. The molecule has 6 heteroatoms. The number of esters is 1. The molecular formula is C27H31NO3S2. The number of carbonyl (C=O) groups excluding carboxylic acids is 1. The molecule has 1 aliphatic heterocycles. The number of hydrogen-bond acceptors (Lipinski definition) is 4. The van der Waals surface area contributed by atoms with Crippen molar-refractivity contribution in [3.05, 3.63) is 75.6 Å². The topological polar surface area (TPSA) is 48.3 Å². The van der Waals surface area contributed by atoms with Crippen LogP contribution in [0.3, 0.4) is 0 Å². The third kappa shape index (κ3) is 4.73. The van der Waals surface area contributed by atoms with E-state index in [4.69, 9.17) is 4.74 Å². The van der Waals surface area contributed by atoms with Crippen molar-refractivity contribution in [2.45, 2.75) is 36.2 Å². The second-order valence-electron chi connectivity index (χ2n) is 9.98. The molecule has 0 radical (unpaired) electrons. The third-order valence-corrected chi connectivity index (χ3v) is 9.04. The molecule has 3 aromatic rings. The van der Waals surface area contributed by atoms with Crippen LogP contribution in [0.2, 0.25) is 0 Å². The largest absolute Gasteiger partial charge is 0.463 e. The average Bonchev–Trinajstić information content (AvgIpc) is 3.50. The van der Waals surface area contributed by atoms with Gasteiger partial charge in [-0.25, -0.2) is 14.8 Å². The maximum atomic E-state index is 13.3. The van der Waals surface area contributed by atoms with E-state index in [1.165, 1.54) is 21.9 Å². The smallest absolute Gasteiger partial charge is 0.330 e. The number of pyridine rings is 1. The molecule has 0 saturated heterocycles. The van der Waals surface area contributed by atoms with Gasteiger partial charge in [-0.3, -0.25) is 9.36 Å². The molecule has 2 aromatic carbocycles. The normalized spacial score (nSPS) is 18.3. The van der Waals surface area contributed by atoms with E-state index in [0.717, 1.165) is 35.6 Å². The van der Waals surface area contributed by atoms with Gasteiger partial charge in [0.25, 0.3) is 5.56 Å². The molecule has 4 nitrogen and oxygen atoms in total. The number of ether oxygens (including phenoxy) is 1. The molecule has 0 N–H and O–H groups in total. The van der Waals surface area contributed by atoms with Crippen molar-refractivity contribution in [1.82, 2.24) is 4.57 Å². The molecule has 2 heterocycles. The van der Waals surface area contributed by atoms with Crippen molar-refractivity contribution < 1.29 is 9.53 Å². The summed E-state index contributed by atoms with van der Waals surface area (Å²) < 4.78 is 7.33. The van der Waals surface area contributed by atoms with Gasteiger partial charge in [-0.2, -0.15) is 0 Å². The first-order chi connectivity index (χ1) is 15.8. The Balaban J connectivity index is 1.47. The Bertz CT molecular complexity index is 1270. The monoisotopic (exact) mass is 481 g/mol. The molecule has 2 aliphatic rings. The van der Waals surface area contributed by atoms with E-state index in [1.807, 2.05) is 0 Å². The van der Waals surface area contributed by atoms with Crippen molar-refractivity contribution in [1.29, 1.82) is 0 Å². The highest BCUT2D eigenvalue weighted by Crippen LogP contribution is 2.49. The minimum absolute atomic E-state index is 0.0852. The molecule has 0 unspecified atom stereocenters. The van der Waals surface area contributed by atoms with Gasteiger partial charge in [0.2, 0.25) is 0 Å². The summed E-state index contributed by atoms with van der Waals surface area (Å²) in [5.74, 6) is 1.69. The summed E-state index contributed by atoms with van der Waals surface area (Å²) in [6.45, 7) is 0.428. The quantitative estimate of drug-likeness (QED) is 0.427. The molecule has 5 rings (SSSR count). The number of nitrogens with zero attached hydrogens (tertiary/aromatic N) is 1. The molecule has 1 fully saturated rings. The van der Waals surface area contributed by atoms with E-state index in [1.54, 1.807) is 22.4 Å². The lowest BCUT2D eigenvalue weighted by Crippen LogP contribution is -2.31. The second kappa shape index (κ2) is 8.88. The van der Waals surface area contributed by atoms with Gasteiger partial charge in [-0.05, 0) is 71.4 Å². The van der Waals surface area contributed by atoms with Gasteiger partial charge in [0.05, 0.1) is 11.6 Å². The van der Waals surface area contributed by atoms with E-state index < -0.39 is 16.1 Å². The zero-order valence-electron chi connectivity index (χ0n) is 19.5. The molecule has 0 spiro atoms. The van der Waals surface area contributed by atoms with Crippen molar-refractivity contribution in [2.75, 3.05) is 36.9 Å². The first-order valence-electron chi connectivity index (χ1n) is 11.5. The maximum absolute atomic E-state index is 13.3. The highest BCUT2D eigenvalue weighted by atomic mass is 32.3. The Labute approximate surface area is 201 Å². The summed E-state index contributed by atoms with van der Waals surface area (Å²) in [5.41, 5.74) is 3.55. The number of carbonyl (C=O) groups is 1. The minimum Gasteiger partial charge on any atom is -0.463 e. The van der Waals surface area contributed by atoms with Crippen molar-refractivity contribution >= 4 is 38.5 Å². The molecular weight excluding hydrogens is 450 g/mol. The lowest BCUT2D eigenvalue weighted by atomic mass is 9.95. The van der Waals surface area contributed by atoms with Gasteiger partial charge in [0.15, 0.2) is 0 Å². The van der Waals surface area contributed by atoms with E-state index in [2.05, 4.69) is 61.2 Å². The Morgan fingerprint density at radius 2 is 1.85 bits per heavy atom. The predicted octanol–water partition coefficient (Wildman–Crippen LogP) is 5.35. The summed E-state index contributed by atoms with van der Waals surface area (Å²) in [5, 5.41) is 3.44. The van der Waals surface area contributed by atoms with Crippen LogP contribution in [0.15, 0.2) is 58.4 Å². The van der Waals surface area contributed by atoms with Crippen LogP contribution in [0.25, 0.3) is 10.8 Å². The first-order valence-corrected chi connectivity index (χ1v) is 15.5. The fraction of sp³-hybridized carbons (Fsp3) is 0.407. The van der Waals surface area contributed by atoms with Crippen LogP contribution in [0, 0.1) is 0 Å². The SMILES string of the molecule is CS(C)(C)CCOC(=O)[C@@H]1CSc2c(C3CC3)c(Cc3cccc4ccccc34)cc(=O)n21. The minimum atomic E-state index is -0.724. The molecule has 1 aromatic heterocycles. The molecule has 1 aliphatic carbocycles. The van der Waals surface area contributed by atoms with E-state index in [9.17, 15) is 9.59 Å². The van der Waals surface area contributed by atoms with Crippen LogP contribution in [0.4, 0.5) is 0 Å². The number of thioether (sulfide) groups is 1. The summed E-state index contributed by atoms with van der Waals surface area (Å²) in [6.07, 6.45) is 9.68. The maximum Gasteiger partial charge on any atom is 0.330 e. The lowest BCUT2D eigenvalue weighted by Gasteiger charge is -2.25. The van der Waals surface area contributed by atoms with Crippen LogP contribution in [0.1, 0.15) is 41.5 Å². The van der Waals surface area contributed by atoms with Crippen LogP contribution in [-0.2, 0) is 16.0 Å². The Morgan fingerprint density at radius 1 is 1.09 bits per heavy atom. The summed E-state index contributed by atoms with van der Waals surface area (Å²) in [4.78, 5) is 26.2. The van der Waals surface area contributed by atoms with Crippen molar-refractivity contribution in [2.24, 2.45) is 0 Å². The molecule has 0 bridgehead atoms. The Morgan fingerprint density at radius 3 is 2.61 bits per heavy atom. The van der Waals surface area contributed by atoms with Gasteiger partial charge in [-0.15, -0.1) is 11.8 Å². The van der Waals surface area contributed by atoms with E-state index >= 15 is 0 Å². The second-order valence-corrected chi connectivity index (χ2v) is 15.6. The fourth-order valence-electron chi connectivity index (χ4n) is 4.61. The number of aromatic nitrogens is 1. The summed E-state index contributed by atoms with van der Waals surface area (Å²) in [7, 11) is -0.724. The van der Waals surface area contributed by atoms with E-state index in [0.29, 0.717) is 18.3 Å². The fourth-order valence-corrected chi connectivity index (χ4v) is 6.60. The standard InChI is InChI=1S/C27H31NO3S2/c1-33(2,3)14-13-31-27(30)23-17-32-26-25(19-11-12-19)21(16-24(29)28(23)26)15-20-9-6-8-18-7-4-5-10-22(18)20/h4-10,16,19,23H,11-15,17H2,1-3H3/t23-/m0/s1. The van der Waals surface area contributed by atoms with Crippen molar-refractivity contribution in [3.8, 4) is 0 Å². The van der Waals surface area contributed by atoms with Crippen LogP contribution in [0.5, 0.6) is 0 Å². The van der Waals surface area contributed by atoms with Gasteiger partial charge in [0, 0.05) is 17.6 Å². The predicted molar refractivity (Wildman–Crippen MR) is 140 cm³/mol. The van der Waals surface area contributed by atoms with Crippen LogP contribution < -0.4 is 5.56 Å². The molecule has 174 valence electrons.